The minimum atomic E-state index is -3.66. The molecule has 0 fully saturated rings. The molecule has 0 saturated carbocycles. The number of furan rings is 1. The van der Waals surface area contributed by atoms with Crippen LogP contribution in [0.25, 0.3) is 22.2 Å². The summed E-state index contributed by atoms with van der Waals surface area (Å²) in [5, 5.41) is 0.835. The second-order valence-corrected chi connectivity index (χ2v) is 6.97. The number of hydrogen-bond donors (Lipinski definition) is 0. The Bertz CT molecular complexity index is 1060. The molecule has 0 aliphatic carbocycles. The van der Waals surface area contributed by atoms with Gasteiger partial charge in [0, 0.05) is 17.1 Å². The normalized spacial score (nSPS) is 11.8. The molecule has 2 heterocycles. The summed E-state index contributed by atoms with van der Waals surface area (Å²) in [7, 11) is -3.66. The minimum absolute atomic E-state index is 0.256. The highest BCUT2D eigenvalue weighted by atomic mass is 32.2. The first-order valence-corrected chi connectivity index (χ1v) is 8.56. The van der Waals surface area contributed by atoms with Crippen molar-refractivity contribution in [2.45, 2.75) is 4.90 Å². The summed E-state index contributed by atoms with van der Waals surface area (Å²) < 4.78 is 32.7. The van der Waals surface area contributed by atoms with E-state index in [2.05, 4.69) is 0 Å². The van der Waals surface area contributed by atoms with Gasteiger partial charge in [0.15, 0.2) is 0 Å². The van der Waals surface area contributed by atoms with Gasteiger partial charge in [-0.25, -0.2) is 12.4 Å². The van der Waals surface area contributed by atoms with Crippen LogP contribution in [0.5, 0.6) is 0 Å². The number of rotatable bonds is 3. The van der Waals surface area contributed by atoms with Crippen molar-refractivity contribution < 1.29 is 12.8 Å². The van der Waals surface area contributed by atoms with Crippen molar-refractivity contribution in [3.63, 3.8) is 0 Å². The first-order chi connectivity index (χ1) is 11.2. The summed E-state index contributed by atoms with van der Waals surface area (Å²) in [4.78, 5) is 0.256. The van der Waals surface area contributed by atoms with Crippen LogP contribution in [-0.4, -0.2) is 12.4 Å². The summed E-state index contributed by atoms with van der Waals surface area (Å²) >= 11 is 0. The monoisotopic (exact) mass is 323 g/mol. The van der Waals surface area contributed by atoms with Crippen molar-refractivity contribution in [1.29, 1.82) is 0 Å². The molecule has 0 unspecified atom stereocenters. The van der Waals surface area contributed by atoms with Crippen LogP contribution in [0.2, 0.25) is 0 Å². The van der Waals surface area contributed by atoms with E-state index in [4.69, 9.17) is 4.42 Å². The van der Waals surface area contributed by atoms with Crippen molar-refractivity contribution in [3.8, 4) is 11.3 Å². The van der Waals surface area contributed by atoms with E-state index in [1.807, 2.05) is 24.3 Å². The lowest BCUT2D eigenvalue weighted by molar-refractivity contribution is 0.582. The van der Waals surface area contributed by atoms with E-state index >= 15 is 0 Å². The highest BCUT2D eigenvalue weighted by Crippen LogP contribution is 2.33. The van der Waals surface area contributed by atoms with Crippen LogP contribution in [0.4, 0.5) is 0 Å². The Morgan fingerprint density at radius 1 is 0.826 bits per heavy atom. The van der Waals surface area contributed by atoms with Gasteiger partial charge in [-0.1, -0.05) is 36.4 Å². The Kier molecular flexibility index (Phi) is 3.09. The van der Waals surface area contributed by atoms with Crippen LogP contribution in [0.3, 0.4) is 0 Å². The minimum Gasteiger partial charge on any atom is -0.464 e. The summed E-state index contributed by atoms with van der Waals surface area (Å²) in [6, 6.07) is 19.4. The Labute approximate surface area is 133 Å². The molecule has 0 radical (unpaired) electrons. The van der Waals surface area contributed by atoms with Crippen LogP contribution in [-0.2, 0) is 10.0 Å². The summed E-state index contributed by atoms with van der Waals surface area (Å²) in [5.41, 5.74) is 1.38. The maximum absolute atomic E-state index is 13.0. The first-order valence-electron chi connectivity index (χ1n) is 7.12. The maximum atomic E-state index is 13.0. The van der Waals surface area contributed by atoms with Crippen molar-refractivity contribution in [2.24, 2.45) is 0 Å². The number of para-hydroxylation sites is 1. The molecule has 2 aromatic heterocycles. The topological polar surface area (TPSA) is 52.2 Å². The van der Waals surface area contributed by atoms with Crippen molar-refractivity contribution >= 4 is 20.9 Å². The molecular weight excluding hydrogens is 310 g/mol. The van der Waals surface area contributed by atoms with Crippen LogP contribution in [0, 0.1) is 0 Å². The summed E-state index contributed by atoms with van der Waals surface area (Å²) in [6.45, 7) is 0. The molecule has 0 amide bonds. The average Bonchev–Trinajstić information content (AvgIpc) is 3.23. The molecule has 0 saturated heterocycles. The van der Waals surface area contributed by atoms with Crippen molar-refractivity contribution in [3.05, 3.63) is 79.2 Å². The van der Waals surface area contributed by atoms with Gasteiger partial charge in [0.1, 0.15) is 5.76 Å². The molecule has 2 aromatic carbocycles. The van der Waals surface area contributed by atoms with Gasteiger partial charge in [-0.15, -0.1) is 0 Å². The lowest BCUT2D eigenvalue weighted by Gasteiger charge is -2.07. The van der Waals surface area contributed by atoms with E-state index in [9.17, 15) is 8.42 Å². The quantitative estimate of drug-likeness (QED) is 0.569. The highest BCUT2D eigenvalue weighted by molar-refractivity contribution is 7.90. The third-order valence-electron chi connectivity index (χ3n) is 3.76. The van der Waals surface area contributed by atoms with E-state index in [-0.39, 0.29) is 4.90 Å². The number of nitrogens with zero attached hydrogens (tertiary/aromatic N) is 1. The smallest absolute Gasteiger partial charge is 0.268 e. The van der Waals surface area contributed by atoms with Gasteiger partial charge in [0.25, 0.3) is 10.0 Å². The average molecular weight is 323 g/mol. The van der Waals surface area contributed by atoms with Gasteiger partial charge in [-0.3, -0.25) is 0 Å². The molecule has 0 N–H and O–H groups in total. The maximum Gasteiger partial charge on any atom is 0.268 e. The molecule has 0 aliphatic heterocycles. The van der Waals surface area contributed by atoms with Crippen molar-refractivity contribution in [2.75, 3.05) is 0 Å². The zero-order valence-electron chi connectivity index (χ0n) is 12.1. The van der Waals surface area contributed by atoms with Crippen LogP contribution in [0.1, 0.15) is 0 Å². The lowest BCUT2D eigenvalue weighted by Crippen LogP contribution is -2.11. The highest BCUT2D eigenvalue weighted by Gasteiger charge is 2.22. The van der Waals surface area contributed by atoms with Gasteiger partial charge in [0.05, 0.1) is 16.7 Å². The first kappa shape index (κ1) is 13.8. The van der Waals surface area contributed by atoms with Gasteiger partial charge >= 0.3 is 0 Å². The van der Waals surface area contributed by atoms with Gasteiger partial charge < -0.3 is 4.42 Å². The summed E-state index contributed by atoms with van der Waals surface area (Å²) in [5.74, 6) is 0.642. The molecular formula is C18H13NO3S. The molecule has 23 heavy (non-hydrogen) atoms. The Morgan fingerprint density at radius 2 is 1.57 bits per heavy atom. The third-order valence-corrected chi connectivity index (χ3v) is 5.45. The van der Waals surface area contributed by atoms with Crippen LogP contribution >= 0.6 is 0 Å². The van der Waals surface area contributed by atoms with E-state index in [0.717, 1.165) is 10.9 Å². The Hall–Kier alpha value is -2.79. The van der Waals surface area contributed by atoms with E-state index in [0.29, 0.717) is 11.3 Å². The molecule has 0 aliphatic rings. The molecule has 4 nitrogen and oxygen atoms in total. The Morgan fingerprint density at radius 3 is 2.30 bits per heavy atom. The Balaban J connectivity index is 2.02. The zero-order chi connectivity index (χ0) is 15.9. The lowest BCUT2D eigenvalue weighted by atomic mass is 10.1. The van der Waals surface area contributed by atoms with E-state index in [1.165, 1.54) is 3.97 Å². The number of benzene rings is 2. The van der Waals surface area contributed by atoms with Gasteiger partial charge in [-0.2, -0.15) is 0 Å². The van der Waals surface area contributed by atoms with E-state index < -0.39 is 10.0 Å². The molecule has 4 aromatic rings. The molecule has 5 heteroatoms. The third kappa shape index (κ3) is 2.17. The molecule has 114 valence electrons. The second-order valence-electron chi connectivity index (χ2n) is 5.15. The van der Waals surface area contributed by atoms with Crippen LogP contribution in [0.15, 0.2) is 88.5 Å². The fraction of sp³-hybridized carbons (Fsp3) is 0. The standard InChI is InChI=1S/C18H13NO3S/c20-23(21,14-7-2-1-3-8-14)19-13-16(18-11-6-12-22-18)15-9-4-5-10-17(15)19/h1-13H. The SMILES string of the molecule is O=S(=O)(c1ccccc1)n1cc(-c2ccco2)c2ccccc21. The molecule has 4 rings (SSSR count). The van der Waals surface area contributed by atoms with Crippen molar-refractivity contribution in [1.82, 2.24) is 3.97 Å². The number of fused-ring (bicyclic) bond motifs is 1. The fourth-order valence-electron chi connectivity index (χ4n) is 2.68. The fourth-order valence-corrected chi connectivity index (χ4v) is 4.07. The second kappa shape index (κ2) is 5.14. The largest absolute Gasteiger partial charge is 0.464 e. The number of hydrogen-bond acceptors (Lipinski definition) is 3. The van der Waals surface area contributed by atoms with Crippen LogP contribution < -0.4 is 0 Å². The van der Waals surface area contributed by atoms with Gasteiger partial charge in [-0.05, 0) is 30.3 Å². The predicted octanol–water partition coefficient (Wildman–Crippen LogP) is 4.14. The summed E-state index contributed by atoms with van der Waals surface area (Å²) in [6.07, 6.45) is 3.19. The van der Waals surface area contributed by atoms with E-state index in [1.54, 1.807) is 54.9 Å². The molecule has 0 atom stereocenters. The number of aromatic nitrogens is 1. The predicted molar refractivity (Wildman–Crippen MR) is 88.7 cm³/mol. The van der Waals surface area contributed by atoms with Gasteiger partial charge in [0.2, 0.25) is 0 Å². The zero-order valence-corrected chi connectivity index (χ0v) is 12.9. The molecule has 0 spiro atoms. The molecule has 0 bridgehead atoms.